The monoisotopic (exact) mass is 459 g/mol. The van der Waals surface area contributed by atoms with Crippen molar-refractivity contribution in [2.75, 3.05) is 20.2 Å². The van der Waals surface area contributed by atoms with Crippen LogP contribution in [0.1, 0.15) is 45.6 Å². The third-order valence-electron chi connectivity index (χ3n) is 6.23. The number of hydroxylamine groups is 2. The van der Waals surface area contributed by atoms with Crippen molar-refractivity contribution in [3.05, 3.63) is 35.9 Å². The van der Waals surface area contributed by atoms with Crippen molar-refractivity contribution in [2.45, 2.75) is 70.4 Å². The van der Waals surface area contributed by atoms with Gasteiger partial charge in [0.1, 0.15) is 18.2 Å². The van der Waals surface area contributed by atoms with Gasteiger partial charge in [-0.3, -0.25) is 4.84 Å². The standard InChI is InChI=1S/C24H33N3O6/c1-24(2,3)33-23(30)25(18-10-11-18)13-17-12-19-14-26(20(17)21(28)31-4)22(29)27(19)32-15-16-8-6-5-7-9-16/h5-9,17-20H,10-15H2,1-4H3/t17-,19-,20-/m1/s1. The second-order valence-electron chi connectivity index (χ2n) is 10.0. The smallest absolute Gasteiger partial charge is 0.410 e. The van der Waals surface area contributed by atoms with Crippen molar-refractivity contribution in [1.29, 1.82) is 0 Å². The average molecular weight is 460 g/mol. The molecule has 3 atom stereocenters. The van der Waals surface area contributed by atoms with Crippen molar-refractivity contribution in [3.8, 4) is 0 Å². The van der Waals surface area contributed by atoms with Crippen LogP contribution in [0.2, 0.25) is 0 Å². The molecule has 2 bridgehead atoms. The van der Waals surface area contributed by atoms with E-state index >= 15 is 0 Å². The first kappa shape index (κ1) is 23.4. The van der Waals surface area contributed by atoms with Crippen molar-refractivity contribution in [3.63, 3.8) is 0 Å². The molecule has 0 unspecified atom stereocenters. The number of urea groups is 1. The van der Waals surface area contributed by atoms with Crippen LogP contribution < -0.4 is 0 Å². The van der Waals surface area contributed by atoms with Crippen LogP contribution in [-0.4, -0.2) is 76.9 Å². The Kier molecular flexibility index (Phi) is 6.52. The van der Waals surface area contributed by atoms with E-state index in [0.29, 0.717) is 19.5 Å². The molecule has 3 fully saturated rings. The number of carbonyl (C=O) groups is 3. The number of carbonyl (C=O) groups excluding carboxylic acids is 3. The third-order valence-corrected chi connectivity index (χ3v) is 6.23. The van der Waals surface area contributed by atoms with Crippen LogP contribution in [0.4, 0.5) is 9.59 Å². The predicted octanol–water partition coefficient (Wildman–Crippen LogP) is 3.19. The summed E-state index contributed by atoms with van der Waals surface area (Å²) in [4.78, 5) is 47.9. The van der Waals surface area contributed by atoms with Gasteiger partial charge in [0.05, 0.1) is 13.2 Å². The molecule has 1 aliphatic carbocycles. The van der Waals surface area contributed by atoms with Crippen molar-refractivity contribution in [1.82, 2.24) is 14.9 Å². The van der Waals surface area contributed by atoms with Gasteiger partial charge in [0.25, 0.3) is 0 Å². The molecule has 0 aromatic heterocycles. The Balaban J connectivity index is 1.51. The first-order valence-electron chi connectivity index (χ1n) is 11.5. The summed E-state index contributed by atoms with van der Waals surface area (Å²) >= 11 is 0. The number of hydrogen-bond donors (Lipinski definition) is 0. The van der Waals surface area contributed by atoms with Crippen LogP contribution in [0, 0.1) is 5.92 Å². The van der Waals surface area contributed by atoms with Gasteiger partial charge in [-0.15, -0.1) is 0 Å². The molecule has 0 radical (unpaired) electrons. The van der Waals surface area contributed by atoms with Crippen LogP contribution in [0.15, 0.2) is 30.3 Å². The zero-order chi connectivity index (χ0) is 23.8. The summed E-state index contributed by atoms with van der Waals surface area (Å²) in [6.45, 7) is 6.48. The summed E-state index contributed by atoms with van der Waals surface area (Å²) < 4.78 is 10.7. The molecule has 0 N–H and O–H groups in total. The molecule has 4 rings (SSSR count). The Bertz CT molecular complexity index is 882. The van der Waals surface area contributed by atoms with E-state index in [4.69, 9.17) is 14.3 Å². The van der Waals surface area contributed by atoms with Crippen LogP contribution in [-0.2, 0) is 25.7 Å². The third kappa shape index (κ3) is 5.24. The molecular weight excluding hydrogens is 426 g/mol. The number of esters is 1. The average Bonchev–Trinajstić information content (AvgIpc) is 3.57. The molecule has 2 aliphatic heterocycles. The van der Waals surface area contributed by atoms with Crippen LogP contribution in [0.5, 0.6) is 0 Å². The van der Waals surface area contributed by atoms with E-state index in [2.05, 4.69) is 0 Å². The van der Waals surface area contributed by atoms with E-state index in [1.54, 1.807) is 4.90 Å². The quantitative estimate of drug-likeness (QED) is 0.582. The lowest BCUT2D eigenvalue weighted by Crippen LogP contribution is -2.55. The number of benzene rings is 1. The fourth-order valence-electron chi connectivity index (χ4n) is 4.62. The fourth-order valence-corrected chi connectivity index (χ4v) is 4.62. The van der Waals surface area contributed by atoms with Gasteiger partial charge in [-0.2, -0.15) is 5.06 Å². The first-order chi connectivity index (χ1) is 15.7. The maximum Gasteiger partial charge on any atom is 0.410 e. The second-order valence-corrected chi connectivity index (χ2v) is 10.0. The maximum atomic E-state index is 13.2. The molecule has 2 saturated heterocycles. The number of hydrogen-bond acceptors (Lipinski definition) is 6. The summed E-state index contributed by atoms with van der Waals surface area (Å²) in [5.74, 6) is -0.754. The molecular formula is C24H33N3O6. The summed E-state index contributed by atoms with van der Waals surface area (Å²) in [5.41, 5.74) is 0.340. The molecule has 0 spiro atoms. The van der Waals surface area contributed by atoms with Crippen LogP contribution in [0.3, 0.4) is 0 Å². The number of piperidine rings is 1. The number of ether oxygens (including phenoxy) is 2. The Morgan fingerprint density at radius 3 is 2.45 bits per heavy atom. The molecule has 1 aromatic rings. The van der Waals surface area contributed by atoms with E-state index in [9.17, 15) is 14.4 Å². The molecule has 2 heterocycles. The summed E-state index contributed by atoms with van der Waals surface area (Å²) in [7, 11) is 1.32. The lowest BCUT2D eigenvalue weighted by atomic mass is 9.87. The highest BCUT2D eigenvalue weighted by molar-refractivity contribution is 5.86. The van der Waals surface area contributed by atoms with Gasteiger partial charge >= 0.3 is 18.1 Å². The lowest BCUT2D eigenvalue weighted by Gasteiger charge is -2.38. The number of methoxy groups -OCH3 is 1. The second kappa shape index (κ2) is 9.21. The summed E-state index contributed by atoms with van der Waals surface area (Å²) in [5, 5.41) is 1.39. The van der Waals surface area contributed by atoms with E-state index in [1.165, 1.54) is 17.1 Å². The van der Waals surface area contributed by atoms with Crippen molar-refractivity contribution >= 4 is 18.1 Å². The molecule has 3 aliphatic rings. The molecule has 1 saturated carbocycles. The minimum Gasteiger partial charge on any atom is -0.467 e. The highest BCUT2D eigenvalue weighted by Crippen LogP contribution is 2.37. The van der Waals surface area contributed by atoms with Gasteiger partial charge < -0.3 is 19.3 Å². The Morgan fingerprint density at radius 2 is 1.85 bits per heavy atom. The lowest BCUT2D eigenvalue weighted by molar-refractivity contribution is -0.150. The van der Waals surface area contributed by atoms with Crippen LogP contribution >= 0.6 is 0 Å². The van der Waals surface area contributed by atoms with Gasteiger partial charge in [-0.25, -0.2) is 14.4 Å². The van der Waals surface area contributed by atoms with Gasteiger partial charge in [-0.05, 0) is 45.6 Å². The van der Waals surface area contributed by atoms with Gasteiger partial charge in [0.15, 0.2) is 0 Å². The zero-order valence-corrected chi connectivity index (χ0v) is 19.7. The molecule has 9 nitrogen and oxygen atoms in total. The molecule has 9 heteroatoms. The van der Waals surface area contributed by atoms with Gasteiger partial charge in [-0.1, -0.05) is 30.3 Å². The largest absolute Gasteiger partial charge is 0.467 e. The van der Waals surface area contributed by atoms with Gasteiger partial charge in [0.2, 0.25) is 0 Å². The Labute approximate surface area is 194 Å². The Hall–Kier alpha value is -2.81. The van der Waals surface area contributed by atoms with E-state index < -0.39 is 17.6 Å². The minimum absolute atomic E-state index is 0.105. The fraction of sp³-hybridized carbons (Fsp3) is 0.625. The maximum absolute atomic E-state index is 13.2. The number of amides is 3. The summed E-state index contributed by atoms with van der Waals surface area (Å²) in [6.07, 6.45) is 1.97. The highest BCUT2D eigenvalue weighted by atomic mass is 16.7. The molecule has 3 amide bonds. The Morgan fingerprint density at radius 1 is 1.15 bits per heavy atom. The summed E-state index contributed by atoms with van der Waals surface area (Å²) in [6, 6.07) is 8.41. The molecule has 1 aromatic carbocycles. The van der Waals surface area contributed by atoms with Crippen molar-refractivity contribution in [2.24, 2.45) is 5.92 Å². The normalized spacial score (nSPS) is 24.6. The number of nitrogens with zero attached hydrogens (tertiary/aromatic N) is 3. The molecule has 33 heavy (non-hydrogen) atoms. The van der Waals surface area contributed by atoms with Crippen LogP contribution in [0.25, 0.3) is 0 Å². The minimum atomic E-state index is -0.771. The van der Waals surface area contributed by atoms with E-state index in [0.717, 1.165) is 18.4 Å². The SMILES string of the molecule is COC(=O)[C@H]1[C@@H](CN(C(=O)OC(C)(C)C)C2CC2)C[C@@H]2CN1C(=O)N2OCc1ccccc1. The van der Waals surface area contributed by atoms with E-state index in [1.807, 2.05) is 51.1 Å². The number of rotatable bonds is 7. The highest BCUT2D eigenvalue weighted by Gasteiger charge is 2.54. The number of fused-ring (bicyclic) bond motifs is 2. The van der Waals surface area contributed by atoms with Crippen molar-refractivity contribution < 1.29 is 28.7 Å². The topological polar surface area (TPSA) is 88.6 Å². The zero-order valence-electron chi connectivity index (χ0n) is 19.7. The molecule has 180 valence electrons. The van der Waals surface area contributed by atoms with E-state index in [-0.39, 0.29) is 36.7 Å². The van der Waals surface area contributed by atoms with Gasteiger partial charge in [0, 0.05) is 25.0 Å². The predicted molar refractivity (Wildman–Crippen MR) is 119 cm³/mol. The first-order valence-corrected chi connectivity index (χ1v) is 11.5.